The molecular formula is C23H28N3O3+. The molecule has 3 rings (SSSR count). The van der Waals surface area contributed by atoms with Crippen molar-refractivity contribution in [3.63, 3.8) is 0 Å². The topological polar surface area (TPSA) is 74.9 Å². The number of pyridine rings is 1. The van der Waals surface area contributed by atoms with E-state index in [9.17, 15) is 14.7 Å². The standard InChI is InChI=1S/C23H27N3O3/c1-3-25(4-2)15-10-16-26-20(18-13-8-9-14-24-18)19(22(28)23(26)29)21(27)17-11-6-5-7-12-17/h5-9,11-14,20,27H,3-4,10,15-16H2,1-2H3/p+1/t20-/m1/s1. The summed E-state index contributed by atoms with van der Waals surface area (Å²) in [6.45, 7) is 7.68. The third kappa shape index (κ3) is 4.38. The predicted molar refractivity (Wildman–Crippen MR) is 111 cm³/mol. The quantitative estimate of drug-likeness (QED) is 0.407. The van der Waals surface area contributed by atoms with Crippen LogP contribution < -0.4 is 4.90 Å². The van der Waals surface area contributed by atoms with Crippen LogP contribution in [0.4, 0.5) is 0 Å². The zero-order valence-corrected chi connectivity index (χ0v) is 17.0. The Morgan fingerprint density at radius 2 is 1.76 bits per heavy atom. The number of ketones is 1. The number of aromatic nitrogens is 1. The van der Waals surface area contributed by atoms with Crippen molar-refractivity contribution in [2.45, 2.75) is 26.3 Å². The number of benzene rings is 1. The minimum absolute atomic E-state index is 0.107. The molecule has 29 heavy (non-hydrogen) atoms. The summed E-state index contributed by atoms with van der Waals surface area (Å²) in [4.78, 5) is 33.1. The summed E-state index contributed by atoms with van der Waals surface area (Å²) >= 11 is 0. The van der Waals surface area contributed by atoms with Crippen LogP contribution >= 0.6 is 0 Å². The smallest absolute Gasteiger partial charge is 0.295 e. The SMILES string of the molecule is CC[NH+](CC)CCCN1C(=O)C(=O)C(=C(O)c2ccccc2)[C@H]1c1ccccn1. The van der Waals surface area contributed by atoms with E-state index < -0.39 is 17.7 Å². The van der Waals surface area contributed by atoms with Crippen molar-refractivity contribution in [3.05, 3.63) is 71.6 Å². The van der Waals surface area contributed by atoms with Crippen molar-refractivity contribution in [1.82, 2.24) is 9.88 Å². The minimum atomic E-state index is -0.678. The van der Waals surface area contributed by atoms with E-state index in [-0.39, 0.29) is 11.3 Å². The largest absolute Gasteiger partial charge is 0.507 e. The molecule has 0 bridgehead atoms. The molecule has 2 heterocycles. The van der Waals surface area contributed by atoms with E-state index in [1.165, 1.54) is 4.90 Å². The van der Waals surface area contributed by atoms with Crippen molar-refractivity contribution in [1.29, 1.82) is 0 Å². The molecule has 1 saturated heterocycles. The predicted octanol–water partition coefficient (Wildman–Crippen LogP) is 1.82. The van der Waals surface area contributed by atoms with Gasteiger partial charge in [0.2, 0.25) is 0 Å². The number of quaternary nitrogens is 1. The van der Waals surface area contributed by atoms with E-state index in [0.717, 1.165) is 26.1 Å². The average Bonchev–Trinajstić information content (AvgIpc) is 3.02. The van der Waals surface area contributed by atoms with Crippen LogP contribution in [0.3, 0.4) is 0 Å². The lowest BCUT2D eigenvalue weighted by Crippen LogP contribution is -3.11. The number of aliphatic hydroxyl groups excluding tert-OH is 1. The molecule has 6 heteroatoms. The highest BCUT2D eigenvalue weighted by Crippen LogP contribution is 2.38. The normalized spacial score (nSPS) is 18.6. The minimum Gasteiger partial charge on any atom is -0.507 e. The Balaban J connectivity index is 1.98. The second kappa shape index (κ2) is 9.47. The maximum atomic E-state index is 12.9. The second-order valence-corrected chi connectivity index (χ2v) is 7.17. The van der Waals surface area contributed by atoms with E-state index >= 15 is 0 Å². The number of aliphatic hydroxyl groups is 1. The number of Topliss-reactive ketones (excluding diaryl/α,β-unsaturated/α-hetero) is 1. The van der Waals surface area contributed by atoms with E-state index in [4.69, 9.17) is 0 Å². The molecule has 1 aromatic carbocycles. The average molecular weight is 394 g/mol. The summed E-state index contributed by atoms with van der Waals surface area (Å²) in [7, 11) is 0. The Bertz CT molecular complexity index is 877. The molecule has 0 spiro atoms. The first-order chi connectivity index (χ1) is 14.1. The van der Waals surface area contributed by atoms with Crippen LogP contribution in [0.15, 0.2) is 60.3 Å². The van der Waals surface area contributed by atoms with Crippen LogP contribution in [-0.2, 0) is 9.59 Å². The highest BCUT2D eigenvalue weighted by Gasteiger charge is 2.46. The molecule has 1 amide bonds. The van der Waals surface area contributed by atoms with E-state index in [1.807, 2.05) is 12.1 Å². The number of hydrogen-bond acceptors (Lipinski definition) is 4. The number of hydrogen-bond donors (Lipinski definition) is 2. The summed E-state index contributed by atoms with van der Waals surface area (Å²) in [5.41, 5.74) is 1.20. The van der Waals surface area contributed by atoms with Gasteiger partial charge in [0, 0.05) is 24.7 Å². The van der Waals surface area contributed by atoms with Gasteiger partial charge < -0.3 is 14.9 Å². The third-order valence-electron chi connectivity index (χ3n) is 5.48. The molecule has 1 atom stereocenters. The van der Waals surface area contributed by atoms with Crippen LogP contribution in [0.5, 0.6) is 0 Å². The molecule has 0 saturated carbocycles. The van der Waals surface area contributed by atoms with Crippen molar-refractivity contribution < 1.29 is 19.6 Å². The maximum absolute atomic E-state index is 12.9. The fourth-order valence-electron chi connectivity index (χ4n) is 3.81. The van der Waals surface area contributed by atoms with E-state index in [0.29, 0.717) is 17.8 Å². The number of amides is 1. The summed E-state index contributed by atoms with van der Waals surface area (Å²) in [6.07, 6.45) is 2.41. The van der Waals surface area contributed by atoms with Gasteiger partial charge >= 0.3 is 0 Å². The summed E-state index contributed by atoms with van der Waals surface area (Å²) in [5.74, 6) is -1.39. The van der Waals surface area contributed by atoms with Gasteiger partial charge in [-0.05, 0) is 26.0 Å². The van der Waals surface area contributed by atoms with Gasteiger partial charge in [-0.1, -0.05) is 36.4 Å². The Morgan fingerprint density at radius 1 is 1.07 bits per heavy atom. The highest BCUT2D eigenvalue weighted by molar-refractivity contribution is 6.46. The molecule has 1 aliphatic rings. The van der Waals surface area contributed by atoms with Crippen LogP contribution in [0, 0.1) is 0 Å². The summed E-state index contributed by atoms with van der Waals surface area (Å²) < 4.78 is 0. The summed E-state index contributed by atoms with van der Waals surface area (Å²) in [6, 6.07) is 13.6. The van der Waals surface area contributed by atoms with Crippen LogP contribution in [0.25, 0.3) is 5.76 Å². The molecule has 152 valence electrons. The zero-order chi connectivity index (χ0) is 20.8. The molecule has 0 aliphatic carbocycles. The molecular weight excluding hydrogens is 366 g/mol. The molecule has 1 aromatic heterocycles. The van der Waals surface area contributed by atoms with Gasteiger partial charge in [-0.25, -0.2) is 0 Å². The van der Waals surface area contributed by atoms with Gasteiger partial charge in [0.1, 0.15) is 11.8 Å². The number of rotatable bonds is 8. The van der Waals surface area contributed by atoms with Gasteiger partial charge in [-0.2, -0.15) is 0 Å². The first kappa shape index (κ1) is 20.7. The maximum Gasteiger partial charge on any atom is 0.295 e. The van der Waals surface area contributed by atoms with Crippen molar-refractivity contribution in [2.24, 2.45) is 0 Å². The van der Waals surface area contributed by atoms with Crippen molar-refractivity contribution >= 4 is 17.4 Å². The fourth-order valence-corrected chi connectivity index (χ4v) is 3.81. The lowest BCUT2D eigenvalue weighted by molar-refractivity contribution is -0.896. The Kier molecular flexibility index (Phi) is 6.77. The van der Waals surface area contributed by atoms with Crippen LogP contribution in [0.1, 0.15) is 37.6 Å². The van der Waals surface area contributed by atoms with E-state index in [1.54, 1.807) is 47.5 Å². The van der Waals surface area contributed by atoms with E-state index in [2.05, 4.69) is 18.8 Å². The number of nitrogens with zero attached hydrogens (tertiary/aromatic N) is 2. The molecule has 1 fully saturated rings. The first-order valence-electron chi connectivity index (χ1n) is 10.2. The van der Waals surface area contributed by atoms with Crippen LogP contribution in [-0.4, -0.2) is 52.9 Å². The molecule has 0 unspecified atom stereocenters. The molecule has 2 aromatic rings. The number of likely N-dealkylation sites (tertiary alicyclic amines) is 1. The lowest BCUT2D eigenvalue weighted by atomic mass is 9.98. The van der Waals surface area contributed by atoms with Crippen molar-refractivity contribution in [3.8, 4) is 0 Å². The lowest BCUT2D eigenvalue weighted by Gasteiger charge is -2.25. The van der Waals surface area contributed by atoms with Crippen LogP contribution in [0.2, 0.25) is 0 Å². The first-order valence-corrected chi connectivity index (χ1v) is 10.2. The molecule has 6 nitrogen and oxygen atoms in total. The second-order valence-electron chi connectivity index (χ2n) is 7.17. The molecule has 0 radical (unpaired) electrons. The molecule has 1 aliphatic heterocycles. The van der Waals surface area contributed by atoms with Gasteiger partial charge in [0.15, 0.2) is 0 Å². The highest BCUT2D eigenvalue weighted by atomic mass is 16.3. The zero-order valence-electron chi connectivity index (χ0n) is 17.0. The third-order valence-corrected chi connectivity index (χ3v) is 5.48. The van der Waals surface area contributed by atoms with Gasteiger partial charge in [-0.15, -0.1) is 0 Å². The van der Waals surface area contributed by atoms with Gasteiger partial charge in [0.05, 0.1) is 30.9 Å². The Morgan fingerprint density at radius 3 is 2.38 bits per heavy atom. The van der Waals surface area contributed by atoms with Crippen molar-refractivity contribution in [2.75, 3.05) is 26.2 Å². The van der Waals surface area contributed by atoms with Gasteiger partial charge in [0.25, 0.3) is 11.7 Å². The number of carbonyl (C=O) groups excluding carboxylic acids is 2. The monoisotopic (exact) mass is 394 g/mol. The fraction of sp³-hybridized carbons (Fsp3) is 0.348. The number of carbonyl (C=O) groups is 2. The molecule has 2 N–H and O–H groups in total. The Labute approximate surface area is 171 Å². The van der Waals surface area contributed by atoms with Gasteiger partial charge in [-0.3, -0.25) is 14.6 Å². The summed E-state index contributed by atoms with van der Waals surface area (Å²) in [5, 5.41) is 10.9. The Hall–Kier alpha value is -2.99. The number of nitrogens with one attached hydrogen (secondary N) is 1.